The van der Waals surface area contributed by atoms with E-state index in [1.54, 1.807) is 0 Å². The number of phenols is 1. The third-order valence-corrected chi connectivity index (χ3v) is 2.66. The summed E-state index contributed by atoms with van der Waals surface area (Å²) < 4.78 is 31.3. The minimum atomic E-state index is -1.09. The molecule has 1 aliphatic carbocycles. The van der Waals surface area contributed by atoms with Crippen LogP contribution in [0.5, 0.6) is 11.5 Å². The second-order valence-corrected chi connectivity index (χ2v) is 3.75. The van der Waals surface area contributed by atoms with Crippen molar-refractivity contribution in [1.82, 2.24) is 0 Å². The number of aromatic hydroxyl groups is 1. The maximum atomic E-state index is 13.4. The normalized spacial score (nSPS) is 17.6. The van der Waals surface area contributed by atoms with Crippen molar-refractivity contribution in [1.29, 1.82) is 0 Å². The van der Waals surface area contributed by atoms with Gasteiger partial charge in [-0.25, -0.2) is 8.78 Å². The second kappa shape index (κ2) is 3.06. The zero-order valence-electron chi connectivity index (χ0n) is 8.18. The molecule has 5 heteroatoms. The average molecular weight is 215 g/mol. The molecule has 0 heterocycles. The first-order valence-corrected chi connectivity index (χ1v) is 4.54. The van der Waals surface area contributed by atoms with Crippen molar-refractivity contribution in [3.63, 3.8) is 0 Å². The predicted molar refractivity (Wildman–Crippen MR) is 49.7 cm³/mol. The molecule has 0 radical (unpaired) electrons. The van der Waals surface area contributed by atoms with Gasteiger partial charge in [-0.2, -0.15) is 0 Å². The Balaban J connectivity index is 2.65. The van der Waals surface area contributed by atoms with Crippen LogP contribution >= 0.6 is 0 Å². The third-order valence-electron chi connectivity index (χ3n) is 2.66. The van der Waals surface area contributed by atoms with Crippen LogP contribution in [-0.4, -0.2) is 12.2 Å². The van der Waals surface area contributed by atoms with Crippen molar-refractivity contribution in [3.05, 3.63) is 23.3 Å². The fraction of sp³-hybridized carbons (Fsp3) is 0.400. The minimum absolute atomic E-state index is 0.0966. The quantitative estimate of drug-likeness (QED) is 0.788. The van der Waals surface area contributed by atoms with Gasteiger partial charge in [0, 0.05) is 11.6 Å². The van der Waals surface area contributed by atoms with Crippen molar-refractivity contribution in [3.8, 4) is 11.5 Å². The Morgan fingerprint density at radius 3 is 2.53 bits per heavy atom. The molecule has 0 aromatic heterocycles. The van der Waals surface area contributed by atoms with E-state index in [2.05, 4.69) is 0 Å². The lowest BCUT2D eigenvalue weighted by Crippen LogP contribution is -2.21. The summed E-state index contributed by atoms with van der Waals surface area (Å²) in [4.78, 5) is 0. The van der Waals surface area contributed by atoms with E-state index in [9.17, 15) is 13.9 Å². The van der Waals surface area contributed by atoms with Crippen LogP contribution in [0, 0.1) is 11.6 Å². The highest BCUT2D eigenvalue weighted by molar-refractivity contribution is 5.51. The van der Waals surface area contributed by atoms with Gasteiger partial charge >= 0.3 is 0 Å². The number of ether oxygens (including phenoxy) is 1. The van der Waals surface area contributed by atoms with Crippen molar-refractivity contribution < 1.29 is 18.6 Å². The molecule has 3 nitrogen and oxygen atoms in total. The molecule has 1 fully saturated rings. The van der Waals surface area contributed by atoms with Gasteiger partial charge < -0.3 is 15.6 Å². The zero-order valence-corrected chi connectivity index (χ0v) is 8.18. The Hall–Kier alpha value is -1.36. The lowest BCUT2D eigenvalue weighted by Gasteiger charge is -2.15. The average Bonchev–Trinajstić information content (AvgIpc) is 2.91. The van der Waals surface area contributed by atoms with Gasteiger partial charge in [-0.05, 0) is 12.8 Å². The SMILES string of the molecule is COc1cc(F)c(F)c(C2(N)CC2)c1O. The molecule has 1 aliphatic rings. The van der Waals surface area contributed by atoms with Gasteiger partial charge in [0.2, 0.25) is 0 Å². The molecule has 1 aromatic carbocycles. The molecular formula is C10H11F2NO2. The molecule has 2 rings (SSSR count). The number of hydrogen-bond donors (Lipinski definition) is 2. The van der Waals surface area contributed by atoms with E-state index < -0.39 is 22.9 Å². The van der Waals surface area contributed by atoms with Crippen LogP contribution < -0.4 is 10.5 Å². The number of benzene rings is 1. The van der Waals surface area contributed by atoms with Crippen LogP contribution in [0.1, 0.15) is 18.4 Å². The maximum absolute atomic E-state index is 13.4. The van der Waals surface area contributed by atoms with E-state index in [0.717, 1.165) is 6.07 Å². The first kappa shape index (κ1) is 10.2. The Labute approximate surface area is 85.5 Å². The van der Waals surface area contributed by atoms with Crippen LogP contribution in [0.25, 0.3) is 0 Å². The van der Waals surface area contributed by atoms with Crippen LogP contribution in [0.3, 0.4) is 0 Å². The number of halogens is 2. The van der Waals surface area contributed by atoms with Crippen LogP contribution in [0.15, 0.2) is 6.07 Å². The Morgan fingerprint density at radius 2 is 2.07 bits per heavy atom. The van der Waals surface area contributed by atoms with Crippen LogP contribution in [0.4, 0.5) is 8.78 Å². The first-order valence-electron chi connectivity index (χ1n) is 4.54. The number of rotatable bonds is 2. The lowest BCUT2D eigenvalue weighted by atomic mass is 10.0. The fourth-order valence-corrected chi connectivity index (χ4v) is 1.59. The number of phenolic OH excluding ortho intramolecular Hbond substituents is 1. The standard InChI is InChI=1S/C10H11F2NO2/c1-15-6-4-5(11)8(12)7(9(6)14)10(13)2-3-10/h4,14H,2-3,13H2,1H3. The van der Waals surface area contributed by atoms with E-state index in [1.165, 1.54) is 7.11 Å². The van der Waals surface area contributed by atoms with Crippen molar-refractivity contribution in [2.75, 3.05) is 7.11 Å². The predicted octanol–water partition coefficient (Wildman–Crippen LogP) is 1.63. The summed E-state index contributed by atoms with van der Waals surface area (Å²) in [6, 6.07) is 0.805. The highest BCUT2D eigenvalue weighted by Crippen LogP contribution is 2.50. The van der Waals surface area contributed by atoms with E-state index in [-0.39, 0.29) is 11.3 Å². The summed E-state index contributed by atoms with van der Waals surface area (Å²) in [5.74, 6) is -2.65. The molecule has 0 spiro atoms. The number of methoxy groups -OCH3 is 1. The highest BCUT2D eigenvalue weighted by atomic mass is 19.2. The highest BCUT2D eigenvalue weighted by Gasteiger charge is 2.45. The molecule has 3 N–H and O–H groups in total. The van der Waals surface area contributed by atoms with Crippen molar-refractivity contribution in [2.24, 2.45) is 5.73 Å². The Morgan fingerprint density at radius 1 is 1.47 bits per heavy atom. The molecule has 1 saturated carbocycles. The molecule has 0 atom stereocenters. The molecule has 0 unspecified atom stereocenters. The summed E-state index contributed by atoms with van der Waals surface area (Å²) in [5, 5.41) is 9.66. The van der Waals surface area contributed by atoms with Crippen LogP contribution in [-0.2, 0) is 5.54 Å². The van der Waals surface area contributed by atoms with Gasteiger partial charge in [-0.1, -0.05) is 0 Å². The summed E-state index contributed by atoms with van der Waals surface area (Å²) in [7, 11) is 1.27. The molecule has 0 amide bonds. The largest absolute Gasteiger partial charge is 0.504 e. The second-order valence-electron chi connectivity index (χ2n) is 3.75. The maximum Gasteiger partial charge on any atom is 0.167 e. The van der Waals surface area contributed by atoms with Gasteiger partial charge in [-0.3, -0.25) is 0 Å². The van der Waals surface area contributed by atoms with E-state index in [4.69, 9.17) is 10.5 Å². The number of nitrogens with two attached hydrogens (primary N) is 1. The lowest BCUT2D eigenvalue weighted by molar-refractivity contribution is 0.354. The number of hydrogen-bond acceptors (Lipinski definition) is 3. The molecule has 0 bridgehead atoms. The van der Waals surface area contributed by atoms with E-state index >= 15 is 0 Å². The topological polar surface area (TPSA) is 55.5 Å². The Bertz CT molecular complexity index is 416. The minimum Gasteiger partial charge on any atom is -0.504 e. The zero-order chi connectivity index (χ0) is 11.2. The fourth-order valence-electron chi connectivity index (χ4n) is 1.59. The van der Waals surface area contributed by atoms with E-state index in [1.807, 2.05) is 0 Å². The molecule has 0 aliphatic heterocycles. The van der Waals surface area contributed by atoms with Gasteiger partial charge in [0.15, 0.2) is 23.1 Å². The van der Waals surface area contributed by atoms with Crippen molar-refractivity contribution >= 4 is 0 Å². The Kier molecular flexibility index (Phi) is 2.08. The molecular weight excluding hydrogens is 204 g/mol. The molecule has 1 aromatic rings. The summed E-state index contributed by atoms with van der Waals surface area (Å²) in [6.07, 6.45) is 1.06. The first-order chi connectivity index (χ1) is 6.99. The summed E-state index contributed by atoms with van der Waals surface area (Å²) in [5.41, 5.74) is 4.62. The van der Waals surface area contributed by atoms with Gasteiger partial charge in [0.25, 0.3) is 0 Å². The van der Waals surface area contributed by atoms with Gasteiger partial charge in [0.05, 0.1) is 12.7 Å². The molecule has 15 heavy (non-hydrogen) atoms. The molecule has 82 valence electrons. The summed E-state index contributed by atoms with van der Waals surface area (Å²) in [6.45, 7) is 0. The third kappa shape index (κ3) is 1.43. The van der Waals surface area contributed by atoms with Gasteiger partial charge in [0.1, 0.15) is 0 Å². The van der Waals surface area contributed by atoms with Gasteiger partial charge in [-0.15, -0.1) is 0 Å². The summed E-state index contributed by atoms with van der Waals surface area (Å²) >= 11 is 0. The smallest absolute Gasteiger partial charge is 0.167 e. The monoisotopic (exact) mass is 215 g/mol. The van der Waals surface area contributed by atoms with Crippen LogP contribution in [0.2, 0.25) is 0 Å². The molecule has 0 saturated heterocycles. The van der Waals surface area contributed by atoms with Crippen molar-refractivity contribution in [2.45, 2.75) is 18.4 Å². The van der Waals surface area contributed by atoms with E-state index in [0.29, 0.717) is 12.8 Å².